The third-order valence-electron chi connectivity index (χ3n) is 5.64. The van der Waals surface area contributed by atoms with Gasteiger partial charge in [-0.1, -0.05) is 24.3 Å². The Morgan fingerprint density at radius 2 is 1.78 bits per heavy atom. The third-order valence-corrected chi connectivity index (χ3v) is 6.88. The van der Waals surface area contributed by atoms with E-state index in [-0.39, 0.29) is 24.1 Å². The molecular weight excluding hydrogens is 426 g/mol. The van der Waals surface area contributed by atoms with Gasteiger partial charge in [0.15, 0.2) is 11.0 Å². The Bertz CT molecular complexity index is 1060. The number of carbonyl (C=O) groups is 4. The van der Waals surface area contributed by atoms with Crippen molar-refractivity contribution in [3.63, 3.8) is 0 Å². The molecule has 2 aliphatic rings. The Hall–Kier alpha value is -3.13. The minimum atomic E-state index is -0.892. The van der Waals surface area contributed by atoms with E-state index in [1.807, 2.05) is 12.1 Å². The van der Waals surface area contributed by atoms with Crippen LogP contribution in [0.5, 0.6) is 0 Å². The molecule has 7 nitrogen and oxygen atoms in total. The standard InChI is InChI=1S/C24H25N3O4S/c1-16(28)17-8-7-9-18(14-17)25-21(29)15-27-19-10-3-4-11-20(19)32-22(24(27)31)23(30)26-12-5-2-6-13-26/h3-4,7-11,14,22H,2,5-6,12-13,15H2,1H3,(H,25,29)/t22-/m0/s1. The summed E-state index contributed by atoms with van der Waals surface area (Å²) >= 11 is 1.26. The fraction of sp³-hybridized carbons (Fsp3) is 0.333. The van der Waals surface area contributed by atoms with Crippen LogP contribution in [-0.4, -0.2) is 53.3 Å². The Morgan fingerprint density at radius 3 is 2.53 bits per heavy atom. The van der Waals surface area contributed by atoms with Crippen molar-refractivity contribution in [1.29, 1.82) is 0 Å². The van der Waals surface area contributed by atoms with E-state index in [9.17, 15) is 19.2 Å². The van der Waals surface area contributed by atoms with Gasteiger partial charge in [-0.2, -0.15) is 0 Å². The Kier molecular flexibility index (Phi) is 6.60. The van der Waals surface area contributed by atoms with Crippen LogP contribution in [0, 0.1) is 0 Å². The molecule has 0 bridgehead atoms. The maximum atomic E-state index is 13.3. The van der Waals surface area contributed by atoms with Gasteiger partial charge in [-0.25, -0.2) is 0 Å². The maximum absolute atomic E-state index is 13.3. The summed E-state index contributed by atoms with van der Waals surface area (Å²) in [5.74, 6) is -1.06. The first-order valence-electron chi connectivity index (χ1n) is 10.7. The molecular formula is C24H25N3O4S. The number of hydrogen-bond donors (Lipinski definition) is 1. The lowest BCUT2D eigenvalue weighted by Gasteiger charge is -2.36. The van der Waals surface area contributed by atoms with E-state index in [0.717, 1.165) is 24.2 Å². The predicted octanol–water partition coefficient (Wildman–Crippen LogP) is 3.35. The van der Waals surface area contributed by atoms with Crippen molar-refractivity contribution >= 4 is 46.6 Å². The lowest BCUT2D eigenvalue weighted by molar-refractivity contribution is -0.135. The van der Waals surface area contributed by atoms with Gasteiger partial charge in [-0.15, -0.1) is 11.8 Å². The smallest absolute Gasteiger partial charge is 0.250 e. The summed E-state index contributed by atoms with van der Waals surface area (Å²) in [6.07, 6.45) is 2.98. The number of nitrogens with one attached hydrogen (secondary N) is 1. The van der Waals surface area contributed by atoms with Gasteiger partial charge >= 0.3 is 0 Å². The maximum Gasteiger partial charge on any atom is 0.250 e. The van der Waals surface area contributed by atoms with Crippen molar-refractivity contribution in [3.05, 3.63) is 54.1 Å². The summed E-state index contributed by atoms with van der Waals surface area (Å²) in [7, 11) is 0. The SMILES string of the molecule is CC(=O)c1cccc(NC(=O)CN2C(=O)[C@H](C(=O)N3CCCCC3)Sc3ccccc32)c1. The van der Waals surface area contributed by atoms with Crippen LogP contribution in [0.25, 0.3) is 0 Å². The number of para-hydroxylation sites is 1. The van der Waals surface area contributed by atoms with Crippen molar-refractivity contribution in [3.8, 4) is 0 Å². The lowest BCUT2D eigenvalue weighted by Crippen LogP contribution is -2.52. The molecule has 2 aliphatic heterocycles. The van der Waals surface area contributed by atoms with Crippen LogP contribution in [-0.2, 0) is 14.4 Å². The number of anilines is 2. The zero-order valence-electron chi connectivity index (χ0n) is 17.9. The number of carbonyl (C=O) groups excluding carboxylic acids is 4. The average molecular weight is 452 g/mol. The molecule has 2 heterocycles. The van der Waals surface area contributed by atoms with E-state index in [4.69, 9.17) is 0 Å². The van der Waals surface area contributed by atoms with Crippen LogP contribution in [0.4, 0.5) is 11.4 Å². The molecule has 32 heavy (non-hydrogen) atoms. The second-order valence-corrected chi connectivity index (χ2v) is 9.11. The highest BCUT2D eigenvalue weighted by atomic mass is 32.2. The largest absolute Gasteiger partial charge is 0.341 e. The van der Waals surface area contributed by atoms with E-state index < -0.39 is 11.2 Å². The second kappa shape index (κ2) is 9.56. The number of hydrogen-bond acceptors (Lipinski definition) is 5. The van der Waals surface area contributed by atoms with Crippen molar-refractivity contribution in [2.24, 2.45) is 0 Å². The van der Waals surface area contributed by atoms with E-state index >= 15 is 0 Å². The van der Waals surface area contributed by atoms with Crippen LogP contribution < -0.4 is 10.2 Å². The second-order valence-electron chi connectivity index (χ2n) is 7.96. The normalized spacial score (nSPS) is 18.2. The molecule has 0 saturated carbocycles. The molecule has 1 N–H and O–H groups in total. The number of amides is 3. The first-order valence-corrected chi connectivity index (χ1v) is 11.6. The summed E-state index contributed by atoms with van der Waals surface area (Å²) in [5, 5.41) is 1.86. The molecule has 2 aromatic rings. The Labute approximate surface area is 191 Å². The van der Waals surface area contributed by atoms with Crippen LogP contribution in [0.3, 0.4) is 0 Å². The van der Waals surface area contributed by atoms with Crippen molar-refractivity contribution < 1.29 is 19.2 Å². The van der Waals surface area contributed by atoms with Gasteiger partial charge in [0.1, 0.15) is 6.54 Å². The molecule has 3 amide bonds. The van der Waals surface area contributed by atoms with E-state index in [2.05, 4.69) is 5.32 Å². The number of nitrogens with zero attached hydrogens (tertiary/aromatic N) is 2. The topological polar surface area (TPSA) is 86.8 Å². The quantitative estimate of drug-likeness (QED) is 0.557. The van der Waals surface area contributed by atoms with Gasteiger partial charge in [0.05, 0.1) is 5.69 Å². The number of Topliss-reactive ketones (excluding diaryl/α,β-unsaturated/α-hetero) is 1. The summed E-state index contributed by atoms with van der Waals surface area (Å²) in [6.45, 7) is 2.57. The third kappa shape index (κ3) is 4.70. The van der Waals surface area contributed by atoms with Gasteiger partial charge in [-0.3, -0.25) is 19.2 Å². The molecule has 0 aromatic heterocycles. The number of ketones is 1. The highest BCUT2D eigenvalue weighted by molar-refractivity contribution is 8.01. The summed E-state index contributed by atoms with van der Waals surface area (Å²) in [5.41, 5.74) is 1.60. The zero-order valence-corrected chi connectivity index (χ0v) is 18.7. The molecule has 1 fully saturated rings. The molecule has 0 spiro atoms. The van der Waals surface area contributed by atoms with Crippen LogP contribution >= 0.6 is 11.8 Å². The number of benzene rings is 2. The fourth-order valence-corrected chi connectivity index (χ4v) is 5.16. The van der Waals surface area contributed by atoms with Crippen molar-refractivity contribution in [2.75, 3.05) is 29.9 Å². The van der Waals surface area contributed by atoms with Crippen LogP contribution in [0.2, 0.25) is 0 Å². The van der Waals surface area contributed by atoms with Crippen molar-refractivity contribution in [2.45, 2.75) is 36.3 Å². The van der Waals surface area contributed by atoms with E-state index in [0.29, 0.717) is 30.0 Å². The summed E-state index contributed by atoms with van der Waals surface area (Å²) in [4.78, 5) is 54.8. The number of likely N-dealkylation sites (tertiary alicyclic amines) is 1. The minimum absolute atomic E-state index is 0.0997. The number of thioether (sulfide) groups is 1. The first-order chi connectivity index (χ1) is 15.4. The molecule has 0 aliphatic carbocycles. The minimum Gasteiger partial charge on any atom is -0.341 e. The number of fused-ring (bicyclic) bond motifs is 1. The Balaban J connectivity index is 1.54. The molecule has 0 radical (unpaired) electrons. The predicted molar refractivity (Wildman–Crippen MR) is 124 cm³/mol. The zero-order chi connectivity index (χ0) is 22.7. The molecule has 0 unspecified atom stereocenters. The highest BCUT2D eigenvalue weighted by Gasteiger charge is 2.40. The van der Waals surface area contributed by atoms with E-state index in [1.54, 1.807) is 41.3 Å². The number of rotatable bonds is 5. The molecule has 166 valence electrons. The molecule has 2 aromatic carbocycles. The lowest BCUT2D eigenvalue weighted by atomic mass is 10.1. The monoisotopic (exact) mass is 451 g/mol. The van der Waals surface area contributed by atoms with Crippen LogP contribution in [0.1, 0.15) is 36.5 Å². The summed E-state index contributed by atoms with van der Waals surface area (Å²) < 4.78 is 0. The van der Waals surface area contributed by atoms with Crippen LogP contribution in [0.15, 0.2) is 53.4 Å². The van der Waals surface area contributed by atoms with Gasteiger partial charge in [-0.05, 0) is 50.5 Å². The highest BCUT2D eigenvalue weighted by Crippen LogP contribution is 2.40. The number of piperidine rings is 1. The summed E-state index contributed by atoms with van der Waals surface area (Å²) in [6, 6.07) is 14.0. The van der Waals surface area contributed by atoms with Gasteiger partial charge in [0.2, 0.25) is 11.8 Å². The molecule has 1 atom stereocenters. The molecule has 8 heteroatoms. The van der Waals surface area contributed by atoms with Gasteiger partial charge in [0, 0.05) is 29.2 Å². The molecule has 4 rings (SSSR count). The Morgan fingerprint density at radius 1 is 1.03 bits per heavy atom. The first kappa shape index (κ1) is 22.1. The molecule has 1 saturated heterocycles. The van der Waals surface area contributed by atoms with Gasteiger partial charge < -0.3 is 15.1 Å². The average Bonchev–Trinajstić information content (AvgIpc) is 2.81. The van der Waals surface area contributed by atoms with Gasteiger partial charge in [0.25, 0.3) is 5.91 Å². The van der Waals surface area contributed by atoms with E-state index in [1.165, 1.54) is 23.6 Å². The fourth-order valence-electron chi connectivity index (χ4n) is 3.98. The van der Waals surface area contributed by atoms with Crippen molar-refractivity contribution in [1.82, 2.24) is 4.90 Å².